The van der Waals surface area contributed by atoms with E-state index in [2.05, 4.69) is 10.3 Å². The number of aromatic nitrogens is 1. The average molecular weight is 401 g/mol. The Kier molecular flexibility index (Phi) is 6.03. The van der Waals surface area contributed by atoms with Crippen LogP contribution in [0.1, 0.15) is 30.1 Å². The molecule has 1 N–H and O–H groups in total. The van der Waals surface area contributed by atoms with E-state index in [4.69, 9.17) is 4.74 Å². The highest BCUT2D eigenvalue weighted by atomic mass is 16.5. The van der Waals surface area contributed by atoms with E-state index in [9.17, 15) is 9.59 Å². The summed E-state index contributed by atoms with van der Waals surface area (Å²) in [6.45, 7) is 0.894. The second kappa shape index (κ2) is 9.22. The highest BCUT2D eigenvalue weighted by Crippen LogP contribution is 2.37. The molecule has 1 aliphatic heterocycles. The fourth-order valence-corrected chi connectivity index (χ4v) is 3.44. The van der Waals surface area contributed by atoms with Crippen molar-refractivity contribution in [2.24, 2.45) is 0 Å². The normalized spacial score (nSPS) is 15.3. The van der Waals surface area contributed by atoms with Crippen molar-refractivity contribution in [2.45, 2.75) is 25.5 Å². The number of ether oxygens (including phenoxy) is 1. The first-order valence-electron chi connectivity index (χ1n) is 10.0. The Balaban J connectivity index is 1.39. The number of anilines is 1. The maximum atomic E-state index is 13.1. The molecule has 0 aliphatic carbocycles. The van der Waals surface area contributed by atoms with E-state index in [1.807, 2.05) is 66.7 Å². The third kappa shape index (κ3) is 4.49. The summed E-state index contributed by atoms with van der Waals surface area (Å²) in [4.78, 5) is 31.3. The molecule has 1 aromatic heterocycles. The van der Waals surface area contributed by atoms with Crippen molar-refractivity contribution in [1.82, 2.24) is 10.3 Å². The second-order valence-corrected chi connectivity index (χ2v) is 7.09. The summed E-state index contributed by atoms with van der Waals surface area (Å²) in [6, 6.07) is 22.8. The molecule has 1 unspecified atom stereocenters. The molecule has 152 valence electrons. The Morgan fingerprint density at radius 1 is 1.00 bits per heavy atom. The molecule has 0 spiro atoms. The summed E-state index contributed by atoms with van der Waals surface area (Å²) in [5, 5.41) is 2.92. The Bertz CT molecular complexity index is 1010. The number of nitrogens with one attached hydrogen (secondary N) is 1. The van der Waals surface area contributed by atoms with Gasteiger partial charge < -0.3 is 10.1 Å². The SMILES string of the molecule is O=C(CCCN1C(=O)C(c2ccccc2)Oc2cccnc21)NCc1ccccc1. The smallest absolute Gasteiger partial charge is 0.274 e. The molecule has 6 heteroatoms. The Morgan fingerprint density at radius 3 is 2.50 bits per heavy atom. The molecule has 0 radical (unpaired) electrons. The maximum Gasteiger partial charge on any atom is 0.274 e. The van der Waals surface area contributed by atoms with E-state index in [1.165, 1.54) is 0 Å². The number of nitrogens with zero attached hydrogens (tertiary/aromatic N) is 2. The van der Waals surface area contributed by atoms with Gasteiger partial charge in [0.2, 0.25) is 12.0 Å². The monoisotopic (exact) mass is 401 g/mol. The van der Waals surface area contributed by atoms with Crippen LogP contribution in [0.5, 0.6) is 5.75 Å². The van der Waals surface area contributed by atoms with Crippen LogP contribution in [-0.4, -0.2) is 23.3 Å². The standard InChI is InChI=1S/C24H23N3O3/c28-21(26-17-18-9-3-1-4-10-18)14-8-16-27-23-20(13-7-15-25-23)30-22(24(27)29)19-11-5-2-6-12-19/h1-7,9-13,15,22H,8,14,16-17H2,(H,26,28). The second-order valence-electron chi connectivity index (χ2n) is 7.09. The predicted molar refractivity (Wildman–Crippen MR) is 114 cm³/mol. The molecule has 30 heavy (non-hydrogen) atoms. The van der Waals surface area contributed by atoms with E-state index in [-0.39, 0.29) is 11.8 Å². The van der Waals surface area contributed by atoms with Crippen LogP contribution < -0.4 is 15.0 Å². The maximum absolute atomic E-state index is 13.1. The highest BCUT2D eigenvalue weighted by Gasteiger charge is 2.36. The molecule has 0 saturated heterocycles. The van der Waals surface area contributed by atoms with Crippen molar-refractivity contribution < 1.29 is 14.3 Å². The summed E-state index contributed by atoms with van der Waals surface area (Å²) in [5.41, 5.74) is 1.85. The Hall–Kier alpha value is -3.67. The van der Waals surface area contributed by atoms with Crippen molar-refractivity contribution in [3.63, 3.8) is 0 Å². The zero-order valence-electron chi connectivity index (χ0n) is 16.5. The van der Waals surface area contributed by atoms with Gasteiger partial charge in [0, 0.05) is 31.3 Å². The van der Waals surface area contributed by atoms with Crippen molar-refractivity contribution in [1.29, 1.82) is 0 Å². The van der Waals surface area contributed by atoms with E-state index >= 15 is 0 Å². The Morgan fingerprint density at radius 2 is 1.73 bits per heavy atom. The molecule has 2 heterocycles. The van der Waals surface area contributed by atoms with E-state index in [0.717, 1.165) is 11.1 Å². The number of benzene rings is 2. The molecule has 0 saturated carbocycles. The molecule has 0 fully saturated rings. The van der Waals surface area contributed by atoms with Gasteiger partial charge >= 0.3 is 0 Å². The van der Waals surface area contributed by atoms with Crippen molar-refractivity contribution in [3.05, 3.63) is 90.1 Å². The first kappa shape index (κ1) is 19.6. The van der Waals surface area contributed by atoms with Gasteiger partial charge in [-0.25, -0.2) is 4.98 Å². The summed E-state index contributed by atoms with van der Waals surface area (Å²) < 4.78 is 5.94. The highest BCUT2D eigenvalue weighted by molar-refractivity contribution is 5.99. The predicted octanol–water partition coefficient (Wildman–Crippen LogP) is 3.64. The van der Waals surface area contributed by atoms with Crippen LogP contribution in [0.3, 0.4) is 0 Å². The van der Waals surface area contributed by atoms with Crippen LogP contribution >= 0.6 is 0 Å². The minimum atomic E-state index is -0.713. The molecular formula is C24H23N3O3. The van der Waals surface area contributed by atoms with Gasteiger partial charge in [0.05, 0.1) is 0 Å². The van der Waals surface area contributed by atoms with Crippen molar-refractivity contribution in [3.8, 4) is 5.75 Å². The number of amides is 2. The van der Waals surface area contributed by atoms with E-state index in [1.54, 1.807) is 17.2 Å². The van der Waals surface area contributed by atoms with Crippen LogP contribution in [0.2, 0.25) is 0 Å². The van der Waals surface area contributed by atoms with Crippen LogP contribution in [0.25, 0.3) is 0 Å². The van der Waals surface area contributed by atoms with Crippen LogP contribution in [0.4, 0.5) is 5.82 Å². The first-order chi connectivity index (χ1) is 14.7. The van der Waals surface area contributed by atoms with Crippen LogP contribution in [0.15, 0.2) is 79.0 Å². The number of fused-ring (bicyclic) bond motifs is 1. The topological polar surface area (TPSA) is 71.5 Å². The molecule has 3 aromatic rings. The zero-order valence-corrected chi connectivity index (χ0v) is 16.5. The average Bonchev–Trinajstić information content (AvgIpc) is 2.80. The Labute approximate surface area is 175 Å². The molecule has 2 aromatic carbocycles. The molecular weight excluding hydrogens is 378 g/mol. The molecule has 0 bridgehead atoms. The fraction of sp³-hybridized carbons (Fsp3) is 0.208. The van der Waals surface area contributed by atoms with Crippen LogP contribution in [-0.2, 0) is 16.1 Å². The molecule has 4 rings (SSSR count). The lowest BCUT2D eigenvalue weighted by molar-refractivity contribution is -0.127. The van der Waals surface area contributed by atoms with Gasteiger partial charge in [-0.05, 0) is 24.1 Å². The fourth-order valence-electron chi connectivity index (χ4n) is 3.44. The molecule has 1 atom stereocenters. The summed E-state index contributed by atoms with van der Waals surface area (Å²) in [7, 11) is 0. The molecule has 1 aliphatic rings. The summed E-state index contributed by atoms with van der Waals surface area (Å²) >= 11 is 0. The third-order valence-electron chi connectivity index (χ3n) is 4.96. The number of hydrogen-bond donors (Lipinski definition) is 1. The van der Waals surface area contributed by atoms with Crippen LogP contribution in [0, 0.1) is 0 Å². The van der Waals surface area contributed by atoms with E-state index in [0.29, 0.717) is 37.5 Å². The number of pyridine rings is 1. The van der Waals surface area contributed by atoms with Gasteiger partial charge in [0.25, 0.3) is 5.91 Å². The van der Waals surface area contributed by atoms with E-state index < -0.39 is 6.10 Å². The first-order valence-corrected chi connectivity index (χ1v) is 10.0. The van der Waals surface area contributed by atoms with Gasteiger partial charge in [-0.2, -0.15) is 0 Å². The summed E-state index contributed by atoms with van der Waals surface area (Å²) in [5.74, 6) is 0.858. The van der Waals surface area contributed by atoms with Crippen molar-refractivity contribution >= 4 is 17.6 Å². The minimum Gasteiger partial charge on any atom is -0.472 e. The lowest BCUT2D eigenvalue weighted by atomic mass is 10.1. The molecule has 2 amide bonds. The van der Waals surface area contributed by atoms with Gasteiger partial charge in [-0.3, -0.25) is 14.5 Å². The largest absolute Gasteiger partial charge is 0.472 e. The quantitative estimate of drug-likeness (QED) is 0.656. The lowest BCUT2D eigenvalue weighted by Gasteiger charge is -2.33. The van der Waals surface area contributed by atoms with Gasteiger partial charge in [0.1, 0.15) is 0 Å². The van der Waals surface area contributed by atoms with Gasteiger partial charge in [-0.15, -0.1) is 0 Å². The number of carbonyl (C=O) groups excluding carboxylic acids is 2. The minimum absolute atomic E-state index is 0.0413. The number of hydrogen-bond acceptors (Lipinski definition) is 4. The lowest BCUT2D eigenvalue weighted by Crippen LogP contribution is -2.42. The summed E-state index contributed by atoms with van der Waals surface area (Å²) in [6.07, 6.45) is 1.78. The van der Waals surface area contributed by atoms with Gasteiger partial charge in [-0.1, -0.05) is 60.7 Å². The third-order valence-corrected chi connectivity index (χ3v) is 4.96. The number of rotatable bonds is 7. The number of carbonyl (C=O) groups is 2. The van der Waals surface area contributed by atoms with Crippen molar-refractivity contribution in [2.75, 3.05) is 11.4 Å². The van der Waals surface area contributed by atoms with Gasteiger partial charge in [0.15, 0.2) is 11.6 Å². The molecule has 6 nitrogen and oxygen atoms in total. The zero-order chi connectivity index (χ0) is 20.8.